The second-order valence-corrected chi connectivity index (χ2v) is 5.73. The van der Waals surface area contributed by atoms with Crippen LogP contribution in [0.5, 0.6) is 11.5 Å². The van der Waals surface area contributed by atoms with Crippen LogP contribution in [0.4, 0.5) is 0 Å². The molecule has 0 aliphatic heterocycles. The van der Waals surface area contributed by atoms with Crippen LogP contribution in [0.1, 0.15) is 21.5 Å². The number of esters is 1. The van der Waals surface area contributed by atoms with E-state index in [4.69, 9.17) is 14.2 Å². The highest BCUT2D eigenvalue weighted by molar-refractivity contribution is 5.98. The van der Waals surface area contributed by atoms with E-state index in [2.05, 4.69) is 0 Å². The molecule has 0 aromatic heterocycles. The molecule has 6 nitrogen and oxygen atoms in total. The summed E-state index contributed by atoms with van der Waals surface area (Å²) in [6.07, 6.45) is 0. The minimum Gasteiger partial charge on any atom is -0.497 e. The molecule has 0 radical (unpaired) electrons. The molecule has 0 aliphatic carbocycles. The fraction of sp³-hybridized carbons (Fsp3) is 0.300. The van der Waals surface area contributed by atoms with E-state index in [1.165, 1.54) is 26.2 Å². The summed E-state index contributed by atoms with van der Waals surface area (Å²) in [5.41, 5.74) is 2.35. The molecule has 0 N–H and O–H groups in total. The molecule has 1 amide bonds. The molecule has 2 rings (SSSR count). The Balaban J connectivity index is 2.36. The Hall–Kier alpha value is -3.02. The van der Waals surface area contributed by atoms with Crippen LogP contribution < -0.4 is 9.47 Å². The lowest BCUT2D eigenvalue weighted by Gasteiger charge is -2.23. The first kappa shape index (κ1) is 19.3. The van der Waals surface area contributed by atoms with Gasteiger partial charge in [-0.25, -0.2) is 0 Å². The van der Waals surface area contributed by atoms with Gasteiger partial charge in [0.2, 0.25) is 0 Å². The SMILES string of the molecule is COC(=O)CN(Cc1ccccc1C)C(=O)c1ccc(OC)cc1OC. The van der Waals surface area contributed by atoms with E-state index in [0.717, 1.165) is 11.1 Å². The van der Waals surface area contributed by atoms with Crippen molar-refractivity contribution < 1.29 is 23.8 Å². The number of hydrogen-bond donors (Lipinski definition) is 0. The van der Waals surface area contributed by atoms with Gasteiger partial charge in [0.15, 0.2) is 0 Å². The van der Waals surface area contributed by atoms with Crippen molar-refractivity contribution in [3.63, 3.8) is 0 Å². The van der Waals surface area contributed by atoms with Gasteiger partial charge in [-0.2, -0.15) is 0 Å². The fourth-order valence-corrected chi connectivity index (χ4v) is 2.56. The molecular formula is C20H23NO5. The molecule has 138 valence electrons. The molecule has 2 aromatic rings. The first-order valence-electron chi connectivity index (χ1n) is 8.12. The van der Waals surface area contributed by atoms with Crippen molar-refractivity contribution in [2.75, 3.05) is 27.9 Å². The van der Waals surface area contributed by atoms with Gasteiger partial charge in [0.05, 0.1) is 26.9 Å². The number of ether oxygens (including phenoxy) is 3. The summed E-state index contributed by atoms with van der Waals surface area (Å²) in [6.45, 7) is 2.10. The van der Waals surface area contributed by atoms with E-state index >= 15 is 0 Å². The fourth-order valence-electron chi connectivity index (χ4n) is 2.56. The number of aryl methyl sites for hydroxylation is 1. The third-order valence-electron chi connectivity index (χ3n) is 4.10. The van der Waals surface area contributed by atoms with Gasteiger partial charge in [-0.1, -0.05) is 24.3 Å². The van der Waals surface area contributed by atoms with Crippen LogP contribution in [0.3, 0.4) is 0 Å². The molecule has 0 unspecified atom stereocenters. The van der Waals surface area contributed by atoms with Crippen LogP contribution in [0.25, 0.3) is 0 Å². The number of carbonyl (C=O) groups is 2. The van der Waals surface area contributed by atoms with E-state index < -0.39 is 5.97 Å². The Labute approximate surface area is 153 Å². The van der Waals surface area contributed by atoms with Crippen LogP contribution in [0.2, 0.25) is 0 Å². The summed E-state index contributed by atoms with van der Waals surface area (Å²) in [7, 11) is 4.32. The maximum atomic E-state index is 13.1. The minimum atomic E-state index is -0.487. The summed E-state index contributed by atoms with van der Waals surface area (Å²) < 4.78 is 15.2. The van der Waals surface area contributed by atoms with Crippen LogP contribution in [-0.4, -0.2) is 44.7 Å². The maximum absolute atomic E-state index is 13.1. The number of carbonyl (C=O) groups excluding carboxylic acids is 2. The molecule has 0 spiro atoms. The Morgan fingerprint density at radius 1 is 1.00 bits per heavy atom. The van der Waals surface area contributed by atoms with E-state index in [9.17, 15) is 9.59 Å². The van der Waals surface area contributed by atoms with Gasteiger partial charge in [0.1, 0.15) is 18.0 Å². The van der Waals surface area contributed by atoms with E-state index in [-0.39, 0.29) is 19.0 Å². The van der Waals surface area contributed by atoms with Crippen LogP contribution in [0.15, 0.2) is 42.5 Å². The quantitative estimate of drug-likeness (QED) is 0.713. The predicted molar refractivity (Wildman–Crippen MR) is 97.5 cm³/mol. The van der Waals surface area contributed by atoms with Crippen LogP contribution >= 0.6 is 0 Å². The second kappa shape index (κ2) is 8.89. The van der Waals surface area contributed by atoms with Crippen LogP contribution in [-0.2, 0) is 16.1 Å². The lowest BCUT2D eigenvalue weighted by Crippen LogP contribution is -2.36. The second-order valence-electron chi connectivity index (χ2n) is 5.73. The zero-order valence-electron chi connectivity index (χ0n) is 15.4. The largest absolute Gasteiger partial charge is 0.497 e. The van der Waals surface area contributed by atoms with Gasteiger partial charge in [-0.15, -0.1) is 0 Å². The average Bonchev–Trinajstić information content (AvgIpc) is 2.67. The Morgan fingerprint density at radius 2 is 1.73 bits per heavy atom. The first-order chi connectivity index (χ1) is 12.5. The summed E-state index contributed by atoms with van der Waals surface area (Å²) in [4.78, 5) is 26.4. The topological polar surface area (TPSA) is 65.1 Å². The summed E-state index contributed by atoms with van der Waals surface area (Å²) >= 11 is 0. The summed E-state index contributed by atoms with van der Waals surface area (Å²) in [6, 6.07) is 12.7. The average molecular weight is 357 g/mol. The van der Waals surface area contributed by atoms with E-state index in [1.54, 1.807) is 18.2 Å². The molecule has 0 saturated heterocycles. The minimum absolute atomic E-state index is 0.154. The molecule has 0 fully saturated rings. The molecule has 0 saturated carbocycles. The van der Waals surface area contributed by atoms with Crippen molar-refractivity contribution in [3.8, 4) is 11.5 Å². The Kier molecular flexibility index (Phi) is 6.60. The molecule has 6 heteroatoms. The van der Waals surface area contributed by atoms with E-state index in [0.29, 0.717) is 17.1 Å². The lowest BCUT2D eigenvalue weighted by atomic mass is 10.1. The molecule has 0 aliphatic rings. The number of methoxy groups -OCH3 is 3. The predicted octanol–water partition coefficient (Wildman–Crippen LogP) is 2.83. The normalized spacial score (nSPS) is 10.2. The maximum Gasteiger partial charge on any atom is 0.325 e. The number of amides is 1. The van der Waals surface area contributed by atoms with Gasteiger partial charge < -0.3 is 19.1 Å². The zero-order chi connectivity index (χ0) is 19.1. The van der Waals surface area contributed by atoms with Gasteiger partial charge in [0.25, 0.3) is 5.91 Å². The Morgan fingerprint density at radius 3 is 2.35 bits per heavy atom. The van der Waals surface area contributed by atoms with Gasteiger partial charge in [0, 0.05) is 12.6 Å². The molecule has 2 aromatic carbocycles. The van der Waals surface area contributed by atoms with Gasteiger partial charge in [-0.05, 0) is 30.2 Å². The summed E-state index contributed by atoms with van der Waals surface area (Å²) in [5.74, 6) is 0.156. The summed E-state index contributed by atoms with van der Waals surface area (Å²) in [5, 5.41) is 0. The molecule has 0 bridgehead atoms. The molecule has 26 heavy (non-hydrogen) atoms. The highest BCUT2D eigenvalue weighted by Gasteiger charge is 2.23. The van der Waals surface area contributed by atoms with Crippen LogP contribution in [0, 0.1) is 6.92 Å². The van der Waals surface area contributed by atoms with E-state index in [1.807, 2.05) is 31.2 Å². The van der Waals surface area contributed by atoms with Crippen molar-refractivity contribution in [3.05, 3.63) is 59.2 Å². The number of nitrogens with zero attached hydrogens (tertiary/aromatic N) is 1. The molecule has 0 atom stereocenters. The van der Waals surface area contributed by atoms with Gasteiger partial charge >= 0.3 is 5.97 Å². The molecular weight excluding hydrogens is 334 g/mol. The van der Waals surface area contributed by atoms with Crippen molar-refractivity contribution in [2.24, 2.45) is 0 Å². The van der Waals surface area contributed by atoms with Crippen molar-refractivity contribution >= 4 is 11.9 Å². The van der Waals surface area contributed by atoms with Crippen molar-refractivity contribution in [2.45, 2.75) is 13.5 Å². The van der Waals surface area contributed by atoms with Crippen molar-refractivity contribution in [1.29, 1.82) is 0 Å². The number of rotatable bonds is 7. The lowest BCUT2D eigenvalue weighted by molar-refractivity contribution is -0.141. The zero-order valence-corrected chi connectivity index (χ0v) is 15.4. The first-order valence-corrected chi connectivity index (χ1v) is 8.12. The Bertz CT molecular complexity index is 788. The standard InChI is InChI=1S/C20H23NO5/c1-14-7-5-6-8-15(14)12-21(13-19(22)26-4)20(23)17-10-9-16(24-2)11-18(17)25-3/h5-11H,12-13H2,1-4H3. The number of hydrogen-bond acceptors (Lipinski definition) is 5. The number of benzene rings is 2. The van der Waals surface area contributed by atoms with Gasteiger partial charge in [-0.3, -0.25) is 9.59 Å². The monoisotopic (exact) mass is 357 g/mol. The van der Waals surface area contributed by atoms with Crippen molar-refractivity contribution in [1.82, 2.24) is 4.90 Å². The molecule has 0 heterocycles. The smallest absolute Gasteiger partial charge is 0.325 e. The highest BCUT2D eigenvalue weighted by Crippen LogP contribution is 2.26. The highest BCUT2D eigenvalue weighted by atomic mass is 16.5. The third kappa shape index (κ3) is 4.53. The third-order valence-corrected chi connectivity index (χ3v) is 4.10.